The average molecular weight is 192 g/mol. The fourth-order valence-electron chi connectivity index (χ4n) is 0.507. The zero-order valence-electron chi connectivity index (χ0n) is 7.96. The van der Waals surface area contributed by atoms with Crippen molar-refractivity contribution in [3.05, 3.63) is 0 Å². The molecular formula is C7H16N2O2S. The molecule has 0 radical (unpaired) electrons. The van der Waals surface area contributed by atoms with E-state index < -0.39 is 10.8 Å². The molecular weight excluding hydrogens is 176 g/mol. The predicted molar refractivity (Wildman–Crippen MR) is 50.6 cm³/mol. The first-order chi connectivity index (χ1) is 5.45. The van der Waals surface area contributed by atoms with Crippen molar-refractivity contribution >= 4 is 16.8 Å². The number of carbonyl (C=O) groups excluding carboxylic acids is 1. The highest BCUT2D eigenvalue weighted by Crippen LogP contribution is 1.89. The standard InChI is InChI=1S/C7H16N2O2S/c1-6(12(4)11)5-8-7(10)9(2)3/h6H,5H2,1-4H3,(H,8,10). The van der Waals surface area contributed by atoms with Crippen LogP contribution in [0.15, 0.2) is 0 Å². The zero-order chi connectivity index (χ0) is 9.72. The Morgan fingerprint density at radius 1 is 1.58 bits per heavy atom. The van der Waals surface area contributed by atoms with Gasteiger partial charge in [-0.1, -0.05) is 0 Å². The molecule has 0 aromatic heterocycles. The van der Waals surface area contributed by atoms with Gasteiger partial charge in [-0.2, -0.15) is 0 Å². The Morgan fingerprint density at radius 2 is 2.08 bits per heavy atom. The highest BCUT2D eigenvalue weighted by molar-refractivity contribution is 7.84. The molecule has 72 valence electrons. The van der Waals surface area contributed by atoms with Gasteiger partial charge >= 0.3 is 6.03 Å². The van der Waals surface area contributed by atoms with Gasteiger partial charge in [0.1, 0.15) is 0 Å². The van der Waals surface area contributed by atoms with E-state index in [4.69, 9.17) is 0 Å². The molecule has 0 saturated carbocycles. The molecule has 0 aromatic carbocycles. The van der Waals surface area contributed by atoms with Gasteiger partial charge in [0.25, 0.3) is 0 Å². The summed E-state index contributed by atoms with van der Waals surface area (Å²) < 4.78 is 10.9. The second kappa shape index (κ2) is 5.13. The molecule has 0 fully saturated rings. The van der Waals surface area contributed by atoms with E-state index in [0.717, 1.165) is 0 Å². The van der Waals surface area contributed by atoms with Gasteiger partial charge in [0.05, 0.1) is 0 Å². The SMILES string of the molecule is CC(CNC(=O)N(C)C)S(C)=O. The first-order valence-corrected chi connectivity index (χ1v) is 5.34. The topological polar surface area (TPSA) is 49.4 Å². The van der Waals surface area contributed by atoms with Crippen LogP contribution in [-0.2, 0) is 10.8 Å². The van der Waals surface area contributed by atoms with Crippen LogP contribution < -0.4 is 5.32 Å². The lowest BCUT2D eigenvalue weighted by atomic mass is 10.5. The molecule has 0 saturated heterocycles. The third-order valence-electron chi connectivity index (χ3n) is 1.51. The van der Waals surface area contributed by atoms with Gasteiger partial charge in [0.2, 0.25) is 0 Å². The number of hydrogen-bond donors (Lipinski definition) is 1. The number of urea groups is 1. The maximum Gasteiger partial charge on any atom is 0.316 e. The first kappa shape index (κ1) is 11.4. The Balaban J connectivity index is 3.69. The third kappa shape index (κ3) is 4.33. The number of hydrogen-bond acceptors (Lipinski definition) is 2. The normalized spacial score (nSPS) is 15.0. The van der Waals surface area contributed by atoms with Crippen molar-refractivity contribution < 1.29 is 9.00 Å². The summed E-state index contributed by atoms with van der Waals surface area (Å²) in [5.74, 6) is 0. The molecule has 0 spiro atoms. The van der Waals surface area contributed by atoms with Crippen LogP contribution in [0, 0.1) is 0 Å². The molecule has 4 nitrogen and oxygen atoms in total. The lowest BCUT2D eigenvalue weighted by molar-refractivity contribution is 0.217. The van der Waals surface area contributed by atoms with Gasteiger partial charge in [-0.15, -0.1) is 0 Å². The monoisotopic (exact) mass is 192 g/mol. The average Bonchev–Trinajstić information content (AvgIpc) is 1.98. The van der Waals surface area contributed by atoms with Gasteiger partial charge in [0.15, 0.2) is 0 Å². The molecule has 1 N–H and O–H groups in total. The predicted octanol–water partition coefficient (Wildman–Crippen LogP) is 0.0246. The Kier molecular flexibility index (Phi) is 4.89. The van der Waals surface area contributed by atoms with Crippen LogP contribution in [0.1, 0.15) is 6.92 Å². The van der Waals surface area contributed by atoms with E-state index in [-0.39, 0.29) is 11.3 Å². The summed E-state index contributed by atoms with van der Waals surface area (Å²) >= 11 is 0. The van der Waals surface area contributed by atoms with Crippen LogP contribution in [0.2, 0.25) is 0 Å². The minimum Gasteiger partial charge on any atom is -0.337 e. The summed E-state index contributed by atoms with van der Waals surface area (Å²) in [6.07, 6.45) is 1.63. The van der Waals surface area contributed by atoms with Crippen molar-refractivity contribution in [3.63, 3.8) is 0 Å². The summed E-state index contributed by atoms with van der Waals surface area (Å²) in [4.78, 5) is 12.4. The van der Waals surface area contributed by atoms with Crippen LogP contribution in [-0.4, -0.2) is 47.3 Å². The number of nitrogens with one attached hydrogen (secondary N) is 1. The number of carbonyl (C=O) groups is 1. The molecule has 0 aliphatic carbocycles. The maximum absolute atomic E-state index is 11.0. The molecule has 0 heterocycles. The van der Waals surface area contributed by atoms with E-state index in [0.29, 0.717) is 6.54 Å². The van der Waals surface area contributed by atoms with Crippen molar-refractivity contribution in [2.75, 3.05) is 26.9 Å². The van der Waals surface area contributed by atoms with Crippen molar-refractivity contribution in [2.24, 2.45) is 0 Å². The first-order valence-electron chi connectivity index (χ1n) is 3.72. The fourth-order valence-corrected chi connectivity index (χ4v) is 0.825. The Hall–Kier alpha value is -0.580. The van der Waals surface area contributed by atoms with E-state index in [2.05, 4.69) is 5.32 Å². The smallest absolute Gasteiger partial charge is 0.316 e. The lowest BCUT2D eigenvalue weighted by Crippen LogP contribution is -2.39. The second-order valence-electron chi connectivity index (χ2n) is 2.89. The molecule has 2 amide bonds. The van der Waals surface area contributed by atoms with E-state index in [1.165, 1.54) is 4.90 Å². The van der Waals surface area contributed by atoms with Crippen molar-refractivity contribution in [3.8, 4) is 0 Å². The molecule has 0 aliphatic heterocycles. The minimum atomic E-state index is -0.873. The van der Waals surface area contributed by atoms with Gasteiger partial charge in [-0.25, -0.2) is 4.79 Å². The van der Waals surface area contributed by atoms with Crippen LogP contribution >= 0.6 is 0 Å². The van der Waals surface area contributed by atoms with E-state index in [9.17, 15) is 9.00 Å². The maximum atomic E-state index is 11.0. The molecule has 0 aliphatic rings. The Bertz CT molecular complexity index is 182. The molecule has 0 bridgehead atoms. The van der Waals surface area contributed by atoms with Gasteiger partial charge < -0.3 is 10.2 Å². The summed E-state index contributed by atoms with van der Waals surface area (Å²) in [6, 6.07) is -0.146. The molecule has 0 rings (SSSR count). The van der Waals surface area contributed by atoms with Gasteiger partial charge in [-0.3, -0.25) is 4.21 Å². The fraction of sp³-hybridized carbons (Fsp3) is 0.857. The van der Waals surface area contributed by atoms with Crippen molar-refractivity contribution in [2.45, 2.75) is 12.2 Å². The molecule has 12 heavy (non-hydrogen) atoms. The highest BCUT2D eigenvalue weighted by Gasteiger charge is 2.08. The summed E-state index contributed by atoms with van der Waals surface area (Å²) in [7, 11) is 2.47. The Morgan fingerprint density at radius 3 is 2.42 bits per heavy atom. The van der Waals surface area contributed by atoms with Crippen LogP contribution in [0.4, 0.5) is 4.79 Å². The zero-order valence-corrected chi connectivity index (χ0v) is 8.77. The highest BCUT2D eigenvalue weighted by atomic mass is 32.2. The van der Waals surface area contributed by atoms with E-state index >= 15 is 0 Å². The van der Waals surface area contributed by atoms with Crippen molar-refractivity contribution in [1.29, 1.82) is 0 Å². The second-order valence-corrected chi connectivity index (χ2v) is 4.69. The number of rotatable bonds is 3. The number of amides is 2. The molecule has 0 aromatic rings. The summed E-state index contributed by atoms with van der Waals surface area (Å²) in [5.41, 5.74) is 0. The van der Waals surface area contributed by atoms with Crippen LogP contribution in [0.5, 0.6) is 0 Å². The van der Waals surface area contributed by atoms with Crippen molar-refractivity contribution in [1.82, 2.24) is 10.2 Å². The molecule has 5 heteroatoms. The summed E-state index contributed by atoms with van der Waals surface area (Å²) in [5, 5.41) is 2.67. The molecule has 2 atom stereocenters. The van der Waals surface area contributed by atoms with Crippen LogP contribution in [0.3, 0.4) is 0 Å². The lowest BCUT2D eigenvalue weighted by Gasteiger charge is -2.14. The van der Waals surface area contributed by atoms with E-state index in [1.54, 1.807) is 20.4 Å². The third-order valence-corrected chi connectivity index (χ3v) is 2.81. The largest absolute Gasteiger partial charge is 0.337 e. The summed E-state index contributed by atoms with van der Waals surface area (Å²) in [6.45, 7) is 2.30. The quantitative estimate of drug-likeness (QED) is 0.685. The Labute approximate surface area is 75.8 Å². The number of nitrogens with zero attached hydrogens (tertiary/aromatic N) is 1. The molecule has 2 unspecified atom stereocenters. The van der Waals surface area contributed by atoms with Gasteiger partial charge in [-0.05, 0) is 6.92 Å². The van der Waals surface area contributed by atoms with E-state index in [1.807, 2.05) is 6.92 Å². The van der Waals surface area contributed by atoms with Gasteiger partial charge in [0, 0.05) is 42.9 Å². The van der Waals surface area contributed by atoms with Crippen LogP contribution in [0.25, 0.3) is 0 Å². The minimum absolute atomic E-state index is 0.00824.